The first-order valence-electron chi connectivity index (χ1n) is 13.2. The third-order valence-electron chi connectivity index (χ3n) is 7.11. The minimum Gasteiger partial charge on any atom is -0.497 e. The Kier molecular flexibility index (Phi) is 7.62. The van der Waals surface area contributed by atoms with Gasteiger partial charge in [-0.3, -0.25) is 14.2 Å². The highest BCUT2D eigenvalue weighted by molar-refractivity contribution is 7.07. The Hall–Kier alpha value is -4.18. The van der Waals surface area contributed by atoms with Crippen molar-refractivity contribution in [3.05, 3.63) is 84.5 Å². The summed E-state index contributed by atoms with van der Waals surface area (Å²) in [5, 5.41) is 0. The molecule has 0 N–H and O–H groups in total. The van der Waals surface area contributed by atoms with Gasteiger partial charge in [0.05, 0.1) is 43.4 Å². The second-order valence-electron chi connectivity index (χ2n) is 9.43. The fourth-order valence-electron chi connectivity index (χ4n) is 5.23. The van der Waals surface area contributed by atoms with Gasteiger partial charge in [0.1, 0.15) is 22.1 Å². The van der Waals surface area contributed by atoms with Crippen molar-refractivity contribution in [2.45, 2.75) is 39.7 Å². The number of para-hydroxylation sites is 1. The van der Waals surface area contributed by atoms with Crippen LogP contribution >= 0.6 is 11.3 Å². The minimum atomic E-state index is -0.905. The molecule has 3 heterocycles. The maximum atomic E-state index is 14.3. The second kappa shape index (κ2) is 11.1. The van der Waals surface area contributed by atoms with Crippen molar-refractivity contribution in [2.24, 2.45) is 4.99 Å². The summed E-state index contributed by atoms with van der Waals surface area (Å²) in [7, 11) is 3.07. The molecular weight excluding hydrogens is 530 g/mol. The fraction of sp³-hybridized carbons (Fsp3) is 0.333. The zero-order valence-corrected chi connectivity index (χ0v) is 24.0. The maximum absolute atomic E-state index is 14.3. The van der Waals surface area contributed by atoms with Crippen LogP contribution in [-0.2, 0) is 14.3 Å². The van der Waals surface area contributed by atoms with Gasteiger partial charge in [0, 0.05) is 17.7 Å². The van der Waals surface area contributed by atoms with Crippen molar-refractivity contribution in [1.29, 1.82) is 0 Å². The van der Waals surface area contributed by atoms with Gasteiger partial charge in [0.2, 0.25) is 0 Å². The summed E-state index contributed by atoms with van der Waals surface area (Å²) >= 11 is 1.15. The Morgan fingerprint density at radius 3 is 2.55 bits per heavy atom. The van der Waals surface area contributed by atoms with Crippen molar-refractivity contribution in [3.8, 4) is 11.5 Å². The summed E-state index contributed by atoms with van der Waals surface area (Å²) in [6.45, 7) is 6.23. The molecule has 9 nitrogen and oxygen atoms in total. The predicted octanol–water partition coefficient (Wildman–Crippen LogP) is 3.33. The molecule has 3 aromatic rings. The topological polar surface area (TPSA) is 99.4 Å². The van der Waals surface area contributed by atoms with Gasteiger partial charge >= 0.3 is 5.97 Å². The van der Waals surface area contributed by atoms with E-state index in [-0.39, 0.29) is 22.6 Å². The van der Waals surface area contributed by atoms with E-state index >= 15 is 0 Å². The minimum absolute atomic E-state index is 0.158. The van der Waals surface area contributed by atoms with Gasteiger partial charge in [-0.15, -0.1) is 0 Å². The van der Waals surface area contributed by atoms with Crippen molar-refractivity contribution in [2.75, 3.05) is 32.3 Å². The number of hydrogen-bond acceptors (Lipinski definition) is 8. The Bertz CT molecular complexity index is 1720. The van der Waals surface area contributed by atoms with Gasteiger partial charge in [-0.05, 0) is 44.5 Å². The Labute approximate surface area is 235 Å². The van der Waals surface area contributed by atoms with Crippen LogP contribution in [0.5, 0.6) is 11.5 Å². The van der Waals surface area contributed by atoms with Crippen molar-refractivity contribution < 1.29 is 23.8 Å². The lowest BCUT2D eigenvalue weighted by Gasteiger charge is -2.26. The number of ether oxygens (including phenoxy) is 3. The largest absolute Gasteiger partial charge is 0.497 e. The summed E-state index contributed by atoms with van der Waals surface area (Å²) in [5.74, 6) is 0.208. The molecule has 0 unspecified atom stereocenters. The molecule has 0 fully saturated rings. The van der Waals surface area contributed by atoms with E-state index in [9.17, 15) is 14.4 Å². The molecule has 2 aliphatic heterocycles. The Balaban J connectivity index is 1.82. The molecule has 2 aliphatic rings. The van der Waals surface area contributed by atoms with E-state index in [0.29, 0.717) is 45.2 Å². The first-order chi connectivity index (χ1) is 19.4. The van der Waals surface area contributed by atoms with Gasteiger partial charge in [-0.2, -0.15) is 0 Å². The number of fused-ring (bicyclic) bond motifs is 2. The lowest BCUT2D eigenvalue weighted by Crippen LogP contribution is -2.41. The number of unbranched alkanes of at least 4 members (excludes halogenated alkanes) is 1. The molecule has 1 amide bonds. The molecule has 0 radical (unpaired) electrons. The molecule has 10 heteroatoms. The maximum Gasteiger partial charge on any atom is 0.338 e. The number of esters is 1. The Morgan fingerprint density at radius 2 is 1.85 bits per heavy atom. The average molecular weight is 562 g/mol. The van der Waals surface area contributed by atoms with Gasteiger partial charge in [-0.25, -0.2) is 9.79 Å². The highest BCUT2D eigenvalue weighted by atomic mass is 32.1. The third kappa shape index (κ3) is 4.42. The van der Waals surface area contributed by atoms with E-state index in [0.717, 1.165) is 29.9 Å². The highest BCUT2D eigenvalue weighted by Crippen LogP contribution is 2.39. The van der Waals surface area contributed by atoms with Gasteiger partial charge in [-0.1, -0.05) is 42.9 Å². The monoisotopic (exact) mass is 561 g/mol. The van der Waals surface area contributed by atoms with Crippen molar-refractivity contribution in [1.82, 2.24) is 4.57 Å². The van der Waals surface area contributed by atoms with E-state index in [2.05, 4.69) is 11.9 Å². The predicted molar refractivity (Wildman–Crippen MR) is 153 cm³/mol. The molecule has 2 aromatic carbocycles. The second-order valence-corrected chi connectivity index (χ2v) is 10.4. The third-order valence-corrected chi connectivity index (χ3v) is 8.16. The van der Waals surface area contributed by atoms with Crippen LogP contribution in [-0.4, -0.2) is 43.8 Å². The van der Waals surface area contributed by atoms with Crippen LogP contribution in [0.3, 0.4) is 0 Å². The molecule has 0 saturated heterocycles. The van der Waals surface area contributed by atoms with E-state index < -0.39 is 17.6 Å². The first kappa shape index (κ1) is 27.4. The van der Waals surface area contributed by atoms with Crippen LogP contribution in [0, 0.1) is 0 Å². The molecule has 1 aromatic heterocycles. The number of carbonyl (C=O) groups excluding carboxylic acids is 2. The number of nitrogens with zero attached hydrogens (tertiary/aromatic N) is 3. The zero-order valence-electron chi connectivity index (χ0n) is 23.1. The van der Waals surface area contributed by atoms with Crippen LogP contribution < -0.4 is 29.3 Å². The standard InChI is InChI=1S/C30H31N3O6S/c1-6-8-15-32-21-12-10-9-11-19(21)24(27(32)34)26-28(35)33-25(20-16-18(37-4)13-14-22(20)38-5)23(29(36)39-7-2)17(3)31-30(33)40-26/h9-14,16,25H,6-8,15H2,1-5H3/b26-24+/t25-/m0/s1. The number of hydrogen-bond donors (Lipinski definition) is 0. The van der Waals surface area contributed by atoms with Gasteiger partial charge < -0.3 is 19.1 Å². The SMILES string of the molecule is CCCCN1C(=O)/C(=c2/sc3n(c2=O)[C@@H](c2cc(OC)ccc2OC)C(C(=O)OCC)=C(C)N=3)c2ccccc21. The van der Waals surface area contributed by atoms with Crippen LogP contribution in [0.4, 0.5) is 5.69 Å². The normalized spacial score (nSPS) is 17.4. The Morgan fingerprint density at radius 1 is 1.07 bits per heavy atom. The van der Waals surface area contributed by atoms with E-state index in [1.165, 1.54) is 11.7 Å². The van der Waals surface area contributed by atoms with Crippen LogP contribution in [0.15, 0.2) is 63.5 Å². The lowest BCUT2D eigenvalue weighted by molar-refractivity contribution is -0.139. The van der Waals surface area contributed by atoms with Crippen molar-refractivity contribution in [3.63, 3.8) is 0 Å². The number of anilines is 1. The van der Waals surface area contributed by atoms with E-state index in [4.69, 9.17) is 14.2 Å². The number of aromatic nitrogens is 1. The molecule has 40 heavy (non-hydrogen) atoms. The van der Waals surface area contributed by atoms with Crippen LogP contribution in [0.25, 0.3) is 5.57 Å². The summed E-state index contributed by atoms with van der Waals surface area (Å²) in [6, 6.07) is 11.8. The molecule has 0 aliphatic carbocycles. The summed E-state index contributed by atoms with van der Waals surface area (Å²) in [6.07, 6.45) is 1.77. The molecule has 5 rings (SSSR count). The number of rotatable bonds is 8. The molecule has 1 atom stereocenters. The molecule has 0 spiro atoms. The number of benzene rings is 2. The van der Waals surface area contributed by atoms with Crippen LogP contribution in [0.1, 0.15) is 50.8 Å². The first-order valence-corrected chi connectivity index (χ1v) is 14.0. The quantitative estimate of drug-likeness (QED) is 0.391. The number of thiazole rings is 1. The van der Waals surface area contributed by atoms with Gasteiger partial charge in [0.25, 0.3) is 11.5 Å². The number of methoxy groups -OCH3 is 2. The summed E-state index contributed by atoms with van der Waals surface area (Å²) < 4.78 is 18.3. The smallest absolute Gasteiger partial charge is 0.338 e. The molecule has 208 valence electrons. The lowest BCUT2D eigenvalue weighted by atomic mass is 9.94. The number of amides is 1. The highest BCUT2D eigenvalue weighted by Gasteiger charge is 2.38. The van der Waals surface area contributed by atoms with Crippen molar-refractivity contribution >= 4 is 34.5 Å². The van der Waals surface area contributed by atoms with E-state index in [1.54, 1.807) is 44.1 Å². The average Bonchev–Trinajstić information content (AvgIpc) is 3.42. The number of allylic oxidation sites excluding steroid dienone is 1. The van der Waals surface area contributed by atoms with E-state index in [1.807, 2.05) is 24.3 Å². The summed E-state index contributed by atoms with van der Waals surface area (Å²) in [5.41, 5.74) is 2.63. The summed E-state index contributed by atoms with van der Waals surface area (Å²) in [4.78, 5) is 48.2. The molecular formula is C30H31N3O6S. The number of carbonyl (C=O) groups is 2. The fourth-order valence-corrected chi connectivity index (χ4v) is 6.36. The van der Waals surface area contributed by atoms with Crippen LogP contribution in [0.2, 0.25) is 0 Å². The van der Waals surface area contributed by atoms with Gasteiger partial charge in [0.15, 0.2) is 4.80 Å². The molecule has 0 bridgehead atoms. The zero-order chi connectivity index (χ0) is 28.6. The molecule has 0 saturated carbocycles.